The van der Waals surface area contributed by atoms with Gasteiger partial charge in [0.15, 0.2) is 0 Å². The number of nitrogens with zero attached hydrogens (tertiary/aromatic N) is 2. The molecule has 1 aromatic rings. The second-order valence-electron chi connectivity index (χ2n) is 1.99. The van der Waals surface area contributed by atoms with Crippen molar-refractivity contribution >= 4 is 22.4 Å². The first-order valence-corrected chi connectivity index (χ1v) is 4.30. The van der Waals surface area contributed by atoms with Crippen LogP contribution in [0.25, 0.3) is 0 Å². The van der Waals surface area contributed by atoms with E-state index in [4.69, 9.17) is 0 Å². The van der Waals surface area contributed by atoms with Crippen LogP contribution in [0.4, 0.5) is 5.13 Å². The van der Waals surface area contributed by atoms with Crippen LogP contribution in [0.5, 0.6) is 0 Å². The second kappa shape index (κ2) is 3.94. The topological polar surface area (TPSA) is 82.3 Å². The van der Waals surface area contributed by atoms with Gasteiger partial charge in [-0.2, -0.15) is 0 Å². The Bertz CT molecular complexity index is 335. The summed E-state index contributed by atoms with van der Waals surface area (Å²) in [6.45, 7) is 1.88. The summed E-state index contributed by atoms with van der Waals surface area (Å²) in [7, 11) is 0. The molecule has 0 atom stereocenters. The minimum absolute atomic E-state index is 0.0152. The number of nitro groups is 1. The molecule has 0 spiro atoms. The Hall–Kier alpha value is -1.50. The Labute approximate surface area is 77.3 Å². The number of aromatic nitrogens is 1. The molecule has 0 saturated heterocycles. The fraction of sp³-hybridized carbons (Fsp3) is 0.333. The molecule has 7 heteroatoms. The highest BCUT2D eigenvalue weighted by Gasteiger charge is 2.20. The number of hydrogen-bond donors (Lipinski definition) is 0. The average molecular weight is 202 g/mol. The maximum Gasteiger partial charge on any atom is 0.424 e. The largest absolute Gasteiger partial charge is 0.460 e. The van der Waals surface area contributed by atoms with E-state index in [2.05, 4.69) is 9.72 Å². The lowest BCUT2D eigenvalue weighted by molar-refractivity contribution is -0.384. The van der Waals surface area contributed by atoms with E-state index >= 15 is 0 Å². The van der Waals surface area contributed by atoms with Crippen LogP contribution in [-0.2, 0) is 4.74 Å². The lowest BCUT2D eigenvalue weighted by atomic mass is 10.5. The second-order valence-corrected chi connectivity index (χ2v) is 2.83. The van der Waals surface area contributed by atoms with Crippen LogP contribution in [0, 0.1) is 10.1 Å². The predicted octanol–water partition coefficient (Wildman–Crippen LogP) is 1.23. The molecular weight excluding hydrogens is 196 g/mol. The first kappa shape index (κ1) is 9.59. The van der Waals surface area contributed by atoms with Gasteiger partial charge in [-0.05, 0) is 28.2 Å². The summed E-state index contributed by atoms with van der Waals surface area (Å²) in [5.74, 6) is -0.633. The quantitative estimate of drug-likeness (QED) is 0.418. The smallest absolute Gasteiger partial charge is 0.424 e. The van der Waals surface area contributed by atoms with Crippen LogP contribution in [0.15, 0.2) is 5.38 Å². The fourth-order valence-corrected chi connectivity index (χ4v) is 1.25. The lowest BCUT2D eigenvalue weighted by Crippen LogP contribution is -2.04. The van der Waals surface area contributed by atoms with Gasteiger partial charge in [0, 0.05) is 0 Å². The number of hydrogen-bond acceptors (Lipinski definition) is 6. The fourth-order valence-electron chi connectivity index (χ4n) is 0.647. The van der Waals surface area contributed by atoms with Crippen molar-refractivity contribution in [3.63, 3.8) is 0 Å². The van der Waals surface area contributed by atoms with Gasteiger partial charge in [-0.1, -0.05) is 0 Å². The van der Waals surface area contributed by atoms with Gasteiger partial charge in [0.1, 0.15) is 0 Å². The molecule has 0 amide bonds. The molecule has 0 aliphatic carbocycles. The number of thiazole rings is 1. The molecule has 13 heavy (non-hydrogen) atoms. The third kappa shape index (κ3) is 2.22. The molecule has 6 nitrogen and oxygen atoms in total. The molecule has 0 fully saturated rings. The van der Waals surface area contributed by atoms with Crippen molar-refractivity contribution in [2.75, 3.05) is 6.61 Å². The molecule has 0 unspecified atom stereocenters. The zero-order chi connectivity index (χ0) is 9.84. The van der Waals surface area contributed by atoms with E-state index in [-0.39, 0.29) is 17.4 Å². The molecule has 1 aromatic heterocycles. The Kier molecular flexibility index (Phi) is 2.91. The summed E-state index contributed by atoms with van der Waals surface area (Å²) in [5, 5.41) is 11.2. The van der Waals surface area contributed by atoms with Crippen LogP contribution in [0.3, 0.4) is 0 Å². The van der Waals surface area contributed by atoms with Crippen LogP contribution < -0.4 is 0 Å². The van der Waals surface area contributed by atoms with Crippen LogP contribution in [-0.4, -0.2) is 22.5 Å². The summed E-state index contributed by atoms with van der Waals surface area (Å²) in [4.78, 5) is 24.0. The highest BCUT2D eigenvalue weighted by Crippen LogP contribution is 2.17. The number of esters is 1. The van der Waals surface area contributed by atoms with Crippen molar-refractivity contribution in [1.29, 1.82) is 0 Å². The van der Waals surface area contributed by atoms with Gasteiger partial charge in [-0.25, -0.2) is 4.79 Å². The first-order chi connectivity index (χ1) is 6.15. The normalized spacial score (nSPS) is 9.62. The molecular formula is C6H6N2O4S. The highest BCUT2D eigenvalue weighted by molar-refractivity contribution is 7.13. The summed E-state index contributed by atoms with van der Waals surface area (Å²) in [5.41, 5.74) is -0.0152. The van der Waals surface area contributed by atoms with E-state index in [1.165, 1.54) is 5.38 Å². The molecule has 0 aromatic carbocycles. The van der Waals surface area contributed by atoms with Crippen LogP contribution in [0.1, 0.15) is 17.4 Å². The number of carbonyl (C=O) groups excluding carboxylic acids is 1. The van der Waals surface area contributed by atoms with Crippen molar-refractivity contribution in [3.05, 3.63) is 21.2 Å². The molecule has 0 radical (unpaired) electrons. The molecule has 0 N–H and O–H groups in total. The van der Waals surface area contributed by atoms with Crippen molar-refractivity contribution in [3.8, 4) is 0 Å². The van der Waals surface area contributed by atoms with Crippen molar-refractivity contribution in [2.45, 2.75) is 6.92 Å². The third-order valence-corrected chi connectivity index (χ3v) is 1.93. The van der Waals surface area contributed by atoms with Gasteiger partial charge in [0.25, 0.3) is 5.69 Å². The van der Waals surface area contributed by atoms with Gasteiger partial charge in [-0.15, -0.1) is 0 Å². The van der Waals surface area contributed by atoms with Gasteiger partial charge in [0.05, 0.1) is 12.0 Å². The van der Waals surface area contributed by atoms with Crippen LogP contribution in [0.2, 0.25) is 0 Å². The first-order valence-electron chi connectivity index (χ1n) is 3.42. The van der Waals surface area contributed by atoms with Gasteiger partial charge >= 0.3 is 11.1 Å². The van der Waals surface area contributed by atoms with Crippen LogP contribution >= 0.6 is 11.3 Å². The Morgan fingerprint density at radius 2 is 2.54 bits per heavy atom. The number of carbonyl (C=O) groups is 1. The van der Waals surface area contributed by atoms with Crippen molar-refractivity contribution in [2.24, 2.45) is 0 Å². The monoisotopic (exact) mass is 202 g/mol. The van der Waals surface area contributed by atoms with E-state index in [9.17, 15) is 14.9 Å². The third-order valence-electron chi connectivity index (χ3n) is 1.13. The van der Waals surface area contributed by atoms with Gasteiger partial charge < -0.3 is 14.9 Å². The predicted molar refractivity (Wildman–Crippen MR) is 44.7 cm³/mol. The molecule has 70 valence electrons. The summed E-state index contributed by atoms with van der Waals surface area (Å²) in [6.07, 6.45) is 0. The maximum absolute atomic E-state index is 11.0. The molecule has 0 saturated carbocycles. The molecule has 1 rings (SSSR count). The Morgan fingerprint density at radius 1 is 1.85 bits per heavy atom. The number of rotatable bonds is 3. The SMILES string of the molecule is CCOC(=O)c1csc([N+](=O)[O-])n1. The van der Waals surface area contributed by atoms with E-state index < -0.39 is 10.9 Å². The zero-order valence-electron chi connectivity index (χ0n) is 6.72. The van der Waals surface area contributed by atoms with E-state index in [1.807, 2.05) is 0 Å². The highest BCUT2D eigenvalue weighted by atomic mass is 32.1. The van der Waals surface area contributed by atoms with Crippen molar-refractivity contribution in [1.82, 2.24) is 4.98 Å². The Balaban J connectivity index is 2.79. The van der Waals surface area contributed by atoms with Gasteiger partial charge in [-0.3, -0.25) is 0 Å². The molecule has 0 aliphatic rings. The lowest BCUT2D eigenvalue weighted by Gasteiger charge is -1.92. The van der Waals surface area contributed by atoms with Crippen molar-refractivity contribution < 1.29 is 14.5 Å². The van der Waals surface area contributed by atoms with E-state index in [0.717, 1.165) is 11.3 Å². The summed E-state index contributed by atoms with van der Waals surface area (Å²) in [6, 6.07) is 0. The summed E-state index contributed by atoms with van der Waals surface area (Å²) >= 11 is 0.801. The van der Waals surface area contributed by atoms with Gasteiger partial charge in [0.2, 0.25) is 0 Å². The number of ether oxygens (including phenoxy) is 1. The standard InChI is InChI=1S/C6H6N2O4S/c1-2-12-5(9)4-3-13-6(7-4)8(10)11/h3H,2H2,1H3. The molecule has 0 aliphatic heterocycles. The minimum atomic E-state index is -0.645. The van der Waals surface area contributed by atoms with E-state index in [1.54, 1.807) is 6.92 Å². The summed E-state index contributed by atoms with van der Waals surface area (Å²) < 4.78 is 4.60. The van der Waals surface area contributed by atoms with E-state index in [0.29, 0.717) is 0 Å². The minimum Gasteiger partial charge on any atom is -0.460 e. The molecule has 0 bridgehead atoms. The zero-order valence-corrected chi connectivity index (χ0v) is 7.54. The average Bonchev–Trinajstić information content (AvgIpc) is 2.52. The Morgan fingerprint density at radius 3 is 3.00 bits per heavy atom. The maximum atomic E-state index is 11.0. The molecule has 1 heterocycles.